The van der Waals surface area contributed by atoms with Gasteiger partial charge in [0.1, 0.15) is 11.8 Å². The Labute approximate surface area is 210 Å². The van der Waals surface area contributed by atoms with Crippen molar-refractivity contribution in [2.24, 2.45) is 5.92 Å². The molecule has 196 valence electrons. The molecule has 1 aliphatic heterocycles. The maximum Gasteiger partial charge on any atom is 0.335 e. The van der Waals surface area contributed by atoms with E-state index in [2.05, 4.69) is 4.72 Å². The lowest BCUT2D eigenvalue weighted by Crippen LogP contribution is -2.57. The molecule has 0 spiro atoms. The maximum atomic E-state index is 13.2. The van der Waals surface area contributed by atoms with Gasteiger partial charge in [-0.1, -0.05) is 13.8 Å². The van der Waals surface area contributed by atoms with Crippen LogP contribution in [0.3, 0.4) is 0 Å². The number of amides is 1. The van der Waals surface area contributed by atoms with Crippen LogP contribution in [0.4, 0.5) is 0 Å². The van der Waals surface area contributed by atoms with Crippen molar-refractivity contribution in [2.75, 3.05) is 33.3 Å². The molecule has 1 atom stereocenters. The van der Waals surface area contributed by atoms with Crippen LogP contribution in [0.25, 0.3) is 0 Å². The molecule has 3 rings (SSSR count). The molecular weight excluding hydrogens is 510 g/mol. The first kappa shape index (κ1) is 27.6. The summed E-state index contributed by atoms with van der Waals surface area (Å²) >= 11 is 0. The fourth-order valence-electron chi connectivity index (χ4n) is 3.73. The lowest BCUT2D eigenvalue weighted by Gasteiger charge is -2.36. The minimum Gasteiger partial charge on any atom is -0.497 e. The summed E-state index contributed by atoms with van der Waals surface area (Å²) in [6, 6.07) is 9.66. The van der Waals surface area contributed by atoms with Crippen LogP contribution in [-0.2, 0) is 24.8 Å². The van der Waals surface area contributed by atoms with Crippen molar-refractivity contribution in [3.63, 3.8) is 0 Å². The minimum absolute atomic E-state index is 0.00780. The van der Waals surface area contributed by atoms with Gasteiger partial charge >= 0.3 is 5.97 Å². The van der Waals surface area contributed by atoms with Gasteiger partial charge in [0.25, 0.3) is 0 Å². The van der Waals surface area contributed by atoms with E-state index in [0.29, 0.717) is 5.75 Å². The van der Waals surface area contributed by atoms with Crippen LogP contribution in [0, 0.1) is 5.92 Å². The summed E-state index contributed by atoms with van der Waals surface area (Å²) in [5.74, 6) is -1.46. The number of carbonyl (C=O) groups excluding carboxylic acids is 1. The number of carbonyl (C=O) groups is 2. The highest BCUT2D eigenvalue weighted by molar-refractivity contribution is 7.89. The molecule has 2 aromatic carbocycles. The summed E-state index contributed by atoms with van der Waals surface area (Å²) in [5.41, 5.74) is -0.0267. The van der Waals surface area contributed by atoms with Gasteiger partial charge in [0.05, 0.1) is 22.5 Å². The molecule has 2 N–H and O–H groups in total. The number of hydrogen-bond donors (Lipinski definition) is 2. The zero-order chi connectivity index (χ0) is 26.7. The largest absolute Gasteiger partial charge is 0.497 e. The van der Waals surface area contributed by atoms with Gasteiger partial charge in [-0.05, 0) is 54.4 Å². The molecule has 1 saturated heterocycles. The van der Waals surface area contributed by atoms with Crippen molar-refractivity contribution in [1.29, 1.82) is 0 Å². The SMILES string of the molecule is COc1ccc(S(=O)(=O)N[C@@H](C(=O)N2CCN(S(=O)(=O)c3ccc(C(=O)O)cc3)CC2)C(C)C)cc1. The van der Waals surface area contributed by atoms with E-state index in [1.807, 2.05) is 0 Å². The number of ether oxygens (including phenoxy) is 1. The van der Waals surface area contributed by atoms with E-state index in [9.17, 15) is 26.4 Å². The summed E-state index contributed by atoms with van der Waals surface area (Å²) in [6.07, 6.45) is 0. The number of hydrogen-bond acceptors (Lipinski definition) is 7. The van der Waals surface area contributed by atoms with E-state index < -0.39 is 38.0 Å². The molecular formula is C23H29N3O8S2. The third-order valence-corrected chi connectivity index (χ3v) is 9.24. The van der Waals surface area contributed by atoms with Crippen LogP contribution in [-0.4, -0.2) is 82.4 Å². The Morgan fingerprint density at radius 2 is 1.42 bits per heavy atom. The predicted molar refractivity (Wildman–Crippen MR) is 131 cm³/mol. The fourth-order valence-corrected chi connectivity index (χ4v) is 6.49. The van der Waals surface area contributed by atoms with Crippen molar-refractivity contribution in [2.45, 2.75) is 29.7 Å². The summed E-state index contributed by atoms with van der Waals surface area (Å²) in [4.78, 5) is 25.6. The number of sulfonamides is 2. The van der Waals surface area contributed by atoms with Crippen LogP contribution in [0.2, 0.25) is 0 Å². The first-order valence-electron chi connectivity index (χ1n) is 11.2. The van der Waals surface area contributed by atoms with Gasteiger partial charge in [0.15, 0.2) is 0 Å². The molecule has 1 aliphatic rings. The Morgan fingerprint density at radius 3 is 1.89 bits per heavy atom. The number of benzene rings is 2. The summed E-state index contributed by atoms with van der Waals surface area (Å²) < 4.78 is 60.4. The number of nitrogens with zero attached hydrogens (tertiary/aromatic N) is 2. The van der Waals surface area contributed by atoms with Crippen LogP contribution in [0.1, 0.15) is 24.2 Å². The molecule has 0 aliphatic carbocycles. The van der Waals surface area contributed by atoms with Gasteiger partial charge in [0, 0.05) is 26.2 Å². The third-order valence-electron chi connectivity index (χ3n) is 5.87. The van der Waals surface area contributed by atoms with Crippen molar-refractivity contribution in [1.82, 2.24) is 13.9 Å². The lowest BCUT2D eigenvalue weighted by atomic mass is 10.0. The van der Waals surface area contributed by atoms with Crippen LogP contribution >= 0.6 is 0 Å². The minimum atomic E-state index is -3.99. The Morgan fingerprint density at radius 1 is 0.889 bits per heavy atom. The highest BCUT2D eigenvalue weighted by Crippen LogP contribution is 2.21. The van der Waals surface area contributed by atoms with E-state index in [1.54, 1.807) is 13.8 Å². The molecule has 0 aromatic heterocycles. The Hall–Kier alpha value is -3.00. The van der Waals surface area contributed by atoms with Crippen molar-refractivity contribution in [3.8, 4) is 5.75 Å². The molecule has 2 aromatic rings. The van der Waals surface area contributed by atoms with Crippen molar-refractivity contribution >= 4 is 31.9 Å². The molecule has 36 heavy (non-hydrogen) atoms. The second kappa shape index (κ2) is 10.9. The molecule has 1 amide bonds. The zero-order valence-electron chi connectivity index (χ0n) is 20.1. The van der Waals surface area contributed by atoms with Crippen LogP contribution < -0.4 is 9.46 Å². The standard InChI is InChI=1S/C23H29N3O8S2/c1-16(2)21(24-35(30,31)19-10-6-18(34-3)7-11-19)22(27)25-12-14-26(15-13-25)36(32,33)20-8-4-17(5-9-20)23(28)29/h4-11,16,21,24H,12-15H2,1-3H3,(H,28,29)/t21-/m1/s1. The summed E-state index contributed by atoms with van der Waals surface area (Å²) in [7, 11) is -6.41. The van der Waals surface area contributed by atoms with Gasteiger partial charge in [0.2, 0.25) is 26.0 Å². The van der Waals surface area contributed by atoms with Crippen LogP contribution in [0.5, 0.6) is 5.75 Å². The number of carboxylic acids is 1. The smallest absolute Gasteiger partial charge is 0.335 e. The average molecular weight is 540 g/mol. The Balaban J connectivity index is 1.69. The number of nitrogens with one attached hydrogen (secondary N) is 1. The number of piperazine rings is 1. The van der Waals surface area contributed by atoms with Gasteiger partial charge in [-0.2, -0.15) is 9.03 Å². The number of rotatable bonds is 9. The Kier molecular flexibility index (Phi) is 8.39. The highest BCUT2D eigenvalue weighted by atomic mass is 32.2. The molecule has 0 saturated carbocycles. The van der Waals surface area contributed by atoms with Gasteiger partial charge in [-0.3, -0.25) is 4.79 Å². The Bertz CT molecular complexity index is 1300. The lowest BCUT2D eigenvalue weighted by molar-refractivity contribution is -0.135. The monoisotopic (exact) mass is 539 g/mol. The molecule has 13 heteroatoms. The predicted octanol–water partition coefficient (Wildman–Crippen LogP) is 1.23. The second-order valence-electron chi connectivity index (χ2n) is 8.58. The quantitative estimate of drug-likeness (QED) is 0.483. The fraction of sp³-hybridized carbons (Fsp3) is 0.391. The topological polar surface area (TPSA) is 150 Å². The van der Waals surface area contributed by atoms with Crippen molar-refractivity contribution in [3.05, 3.63) is 54.1 Å². The number of carboxylic acid groups (broad SMARTS) is 1. The van der Waals surface area contributed by atoms with Gasteiger partial charge in [-0.15, -0.1) is 0 Å². The molecule has 11 nitrogen and oxygen atoms in total. The summed E-state index contributed by atoms with van der Waals surface area (Å²) in [6.45, 7) is 3.65. The van der Waals surface area contributed by atoms with Crippen molar-refractivity contribution < 1.29 is 36.3 Å². The normalized spacial score (nSPS) is 16.1. The first-order valence-corrected chi connectivity index (χ1v) is 14.1. The average Bonchev–Trinajstić information content (AvgIpc) is 2.87. The molecule has 0 unspecified atom stereocenters. The van der Waals surface area contributed by atoms with Gasteiger partial charge in [-0.25, -0.2) is 21.6 Å². The summed E-state index contributed by atoms with van der Waals surface area (Å²) in [5, 5.41) is 9.00. The molecule has 1 fully saturated rings. The third kappa shape index (κ3) is 6.03. The molecule has 0 bridgehead atoms. The highest BCUT2D eigenvalue weighted by Gasteiger charge is 2.35. The maximum absolute atomic E-state index is 13.2. The number of aromatic carboxylic acids is 1. The van der Waals surface area contributed by atoms with E-state index in [-0.39, 0.29) is 47.5 Å². The second-order valence-corrected chi connectivity index (χ2v) is 12.2. The van der Waals surface area contributed by atoms with E-state index >= 15 is 0 Å². The van der Waals surface area contributed by atoms with Crippen LogP contribution in [0.15, 0.2) is 58.3 Å². The van der Waals surface area contributed by atoms with E-state index in [0.717, 1.165) is 0 Å². The van der Waals surface area contributed by atoms with Gasteiger partial charge < -0.3 is 14.7 Å². The first-order chi connectivity index (χ1) is 16.9. The molecule has 0 radical (unpaired) electrons. The van der Waals surface area contributed by atoms with E-state index in [1.165, 1.54) is 64.8 Å². The zero-order valence-corrected chi connectivity index (χ0v) is 21.8. The molecule has 1 heterocycles. The number of methoxy groups -OCH3 is 1. The van der Waals surface area contributed by atoms with E-state index in [4.69, 9.17) is 9.84 Å².